The first kappa shape index (κ1) is 29.7. The van der Waals surface area contributed by atoms with Crippen molar-refractivity contribution in [1.82, 2.24) is 19.6 Å². The Labute approximate surface area is 227 Å². The van der Waals surface area contributed by atoms with Crippen molar-refractivity contribution in [2.24, 2.45) is 0 Å². The average Bonchev–Trinajstić information content (AvgIpc) is 2.94. The van der Waals surface area contributed by atoms with E-state index in [1.165, 1.54) is 36.2 Å². The summed E-state index contributed by atoms with van der Waals surface area (Å²) >= 11 is 0. The van der Waals surface area contributed by atoms with Crippen LogP contribution in [0.5, 0.6) is 11.5 Å². The average molecular weight is 561 g/mol. The van der Waals surface area contributed by atoms with Gasteiger partial charge in [0.1, 0.15) is 30.8 Å². The Morgan fingerprint density at radius 1 is 1.03 bits per heavy atom. The van der Waals surface area contributed by atoms with Crippen molar-refractivity contribution in [3.8, 4) is 23.3 Å². The SMILES string of the molecule is CC#CCOc1ccc(S(=O)(=O)N(C)C(C(=O)NO)c2ccc(OCCN3CCN(C(=O)O)CC3)cc2)cc1. The van der Waals surface area contributed by atoms with E-state index in [4.69, 9.17) is 14.6 Å². The van der Waals surface area contributed by atoms with Gasteiger partial charge in [-0.1, -0.05) is 18.1 Å². The lowest BCUT2D eigenvalue weighted by Crippen LogP contribution is -2.49. The molecular weight excluding hydrogens is 528 g/mol. The molecule has 0 aromatic heterocycles. The second kappa shape index (κ2) is 13.8. The number of carbonyl (C=O) groups excluding carboxylic acids is 1. The Balaban J connectivity index is 1.65. The number of rotatable bonds is 11. The first-order chi connectivity index (χ1) is 18.7. The first-order valence-corrected chi connectivity index (χ1v) is 13.6. The fraction of sp³-hybridized carbons (Fsp3) is 0.385. The van der Waals surface area contributed by atoms with Crippen LogP contribution in [0.2, 0.25) is 0 Å². The molecule has 0 aliphatic carbocycles. The molecule has 0 bridgehead atoms. The van der Waals surface area contributed by atoms with Gasteiger partial charge >= 0.3 is 6.09 Å². The summed E-state index contributed by atoms with van der Waals surface area (Å²) in [6, 6.07) is 10.7. The molecule has 1 aliphatic heterocycles. The number of likely N-dealkylation sites (N-methyl/N-ethyl adjacent to an activating group) is 1. The predicted octanol–water partition coefficient (Wildman–Crippen LogP) is 1.63. The van der Waals surface area contributed by atoms with Gasteiger partial charge < -0.3 is 19.5 Å². The number of nitrogens with one attached hydrogen (secondary N) is 1. The third kappa shape index (κ3) is 7.84. The Bertz CT molecular complexity index is 1280. The minimum atomic E-state index is -4.13. The highest BCUT2D eigenvalue weighted by Gasteiger charge is 2.34. The molecule has 3 N–H and O–H groups in total. The van der Waals surface area contributed by atoms with Crippen LogP contribution in [0.15, 0.2) is 53.4 Å². The van der Waals surface area contributed by atoms with Crippen LogP contribution in [0.4, 0.5) is 4.79 Å². The molecule has 1 saturated heterocycles. The summed E-state index contributed by atoms with van der Waals surface area (Å²) in [6.07, 6.45) is -0.918. The Morgan fingerprint density at radius 3 is 2.18 bits per heavy atom. The van der Waals surface area contributed by atoms with E-state index in [9.17, 15) is 23.2 Å². The van der Waals surface area contributed by atoms with Crippen molar-refractivity contribution in [1.29, 1.82) is 0 Å². The van der Waals surface area contributed by atoms with Gasteiger partial charge in [0.05, 0.1) is 4.90 Å². The number of hydrogen-bond donors (Lipinski definition) is 3. The Morgan fingerprint density at radius 2 is 1.62 bits per heavy atom. The molecule has 12 nitrogen and oxygen atoms in total. The zero-order chi connectivity index (χ0) is 28.4. The quantitative estimate of drug-likeness (QED) is 0.212. The van der Waals surface area contributed by atoms with Crippen molar-refractivity contribution < 1.29 is 37.8 Å². The summed E-state index contributed by atoms with van der Waals surface area (Å²) in [5.74, 6) is 5.49. The van der Waals surface area contributed by atoms with Gasteiger partial charge in [0.15, 0.2) is 0 Å². The van der Waals surface area contributed by atoms with E-state index < -0.39 is 28.1 Å². The molecule has 210 valence electrons. The second-order valence-corrected chi connectivity index (χ2v) is 10.6. The molecular formula is C26H32N4O8S. The molecule has 1 atom stereocenters. The molecule has 0 spiro atoms. The lowest BCUT2D eigenvalue weighted by molar-refractivity contribution is -0.133. The number of hydroxylamine groups is 1. The van der Waals surface area contributed by atoms with E-state index in [1.54, 1.807) is 36.7 Å². The van der Waals surface area contributed by atoms with Gasteiger partial charge in [-0.3, -0.25) is 14.9 Å². The van der Waals surface area contributed by atoms with E-state index in [-0.39, 0.29) is 11.5 Å². The van der Waals surface area contributed by atoms with Crippen LogP contribution in [0, 0.1) is 11.8 Å². The van der Waals surface area contributed by atoms with E-state index in [2.05, 4.69) is 16.7 Å². The number of sulfonamides is 1. The lowest BCUT2D eigenvalue weighted by atomic mass is 10.1. The van der Waals surface area contributed by atoms with Crippen LogP contribution in [-0.4, -0.2) is 97.8 Å². The standard InChI is InChI=1S/C26H32N4O8S/c1-3-4-18-37-22-9-11-23(12-10-22)39(35,36)28(2)24(25(31)27-34)20-5-7-21(8-6-20)38-19-17-29-13-15-30(16-14-29)26(32)33/h5-12,24,34H,13-19H2,1-2H3,(H,27,31)(H,32,33). The van der Waals surface area contributed by atoms with Crippen LogP contribution >= 0.6 is 0 Å². The van der Waals surface area contributed by atoms with Crippen molar-refractivity contribution in [2.45, 2.75) is 17.9 Å². The molecule has 2 amide bonds. The number of hydrogen-bond acceptors (Lipinski definition) is 8. The van der Waals surface area contributed by atoms with Crippen LogP contribution in [0.1, 0.15) is 18.5 Å². The maximum absolute atomic E-state index is 13.3. The van der Waals surface area contributed by atoms with E-state index in [0.717, 1.165) is 4.31 Å². The summed E-state index contributed by atoms with van der Waals surface area (Å²) in [7, 11) is -2.87. The highest BCUT2D eigenvalue weighted by atomic mass is 32.2. The number of nitrogens with zero attached hydrogens (tertiary/aromatic N) is 3. The number of benzene rings is 2. The molecule has 1 unspecified atom stereocenters. The molecule has 3 rings (SSSR count). The number of carbonyl (C=O) groups is 2. The number of piperazine rings is 1. The first-order valence-electron chi connectivity index (χ1n) is 12.1. The van der Waals surface area contributed by atoms with Crippen LogP contribution in [0.3, 0.4) is 0 Å². The van der Waals surface area contributed by atoms with Crippen molar-refractivity contribution >= 4 is 22.0 Å². The molecule has 1 aliphatic rings. The predicted molar refractivity (Wildman–Crippen MR) is 141 cm³/mol. The molecule has 2 aromatic rings. The van der Waals surface area contributed by atoms with Gasteiger partial charge in [-0.2, -0.15) is 4.31 Å². The Hall–Kier alpha value is -3.83. The molecule has 0 radical (unpaired) electrons. The smallest absolute Gasteiger partial charge is 0.407 e. The largest absolute Gasteiger partial charge is 0.492 e. The zero-order valence-electron chi connectivity index (χ0n) is 21.7. The fourth-order valence-corrected chi connectivity index (χ4v) is 5.30. The van der Waals surface area contributed by atoms with Crippen LogP contribution in [-0.2, 0) is 14.8 Å². The molecule has 1 heterocycles. The van der Waals surface area contributed by atoms with Gasteiger partial charge in [-0.25, -0.2) is 18.7 Å². The monoisotopic (exact) mass is 560 g/mol. The van der Waals surface area contributed by atoms with Crippen LogP contribution < -0.4 is 15.0 Å². The number of ether oxygens (including phenoxy) is 2. The van der Waals surface area contributed by atoms with Gasteiger partial charge in [0, 0.05) is 39.8 Å². The summed E-state index contributed by atoms with van der Waals surface area (Å²) in [4.78, 5) is 27.0. The fourth-order valence-electron chi connectivity index (χ4n) is 3.99. The summed E-state index contributed by atoms with van der Waals surface area (Å²) in [5.41, 5.74) is 1.87. The van der Waals surface area contributed by atoms with Crippen molar-refractivity contribution in [2.75, 3.05) is 53.0 Å². The lowest BCUT2D eigenvalue weighted by Gasteiger charge is -2.32. The number of carboxylic acid groups (broad SMARTS) is 1. The zero-order valence-corrected chi connectivity index (χ0v) is 22.6. The van der Waals surface area contributed by atoms with Crippen molar-refractivity contribution in [3.05, 3.63) is 54.1 Å². The van der Waals surface area contributed by atoms with Crippen molar-refractivity contribution in [3.63, 3.8) is 0 Å². The van der Waals surface area contributed by atoms with Gasteiger partial charge in [-0.15, -0.1) is 5.92 Å². The minimum Gasteiger partial charge on any atom is -0.492 e. The highest BCUT2D eigenvalue weighted by Crippen LogP contribution is 2.28. The maximum Gasteiger partial charge on any atom is 0.407 e. The molecule has 1 fully saturated rings. The number of amides is 2. The molecule has 0 saturated carbocycles. The third-order valence-electron chi connectivity index (χ3n) is 6.23. The van der Waals surface area contributed by atoms with E-state index in [0.29, 0.717) is 56.4 Å². The topological polar surface area (TPSA) is 149 Å². The summed E-state index contributed by atoms with van der Waals surface area (Å²) in [6.45, 7) is 4.97. The molecule has 2 aromatic carbocycles. The third-order valence-corrected chi connectivity index (χ3v) is 8.06. The summed E-state index contributed by atoms with van der Waals surface area (Å²) < 4.78 is 38.7. The molecule has 13 heteroatoms. The minimum absolute atomic E-state index is 0.0567. The van der Waals surface area contributed by atoms with E-state index >= 15 is 0 Å². The Kier molecular flexibility index (Phi) is 10.5. The maximum atomic E-state index is 13.3. The van der Waals surface area contributed by atoms with Gasteiger partial charge in [0.25, 0.3) is 5.91 Å². The van der Waals surface area contributed by atoms with Gasteiger partial charge in [0.2, 0.25) is 10.0 Å². The highest BCUT2D eigenvalue weighted by molar-refractivity contribution is 7.89. The summed E-state index contributed by atoms with van der Waals surface area (Å²) in [5, 5.41) is 18.4. The second-order valence-electron chi connectivity index (χ2n) is 8.62. The molecule has 39 heavy (non-hydrogen) atoms. The van der Waals surface area contributed by atoms with Crippen LogP contribution in [0.25, 0.3) is 0 Å². The van der Waals surface area contributed by atoms with Gasteiger partial charge in [-0.05, 0) is 48.9 Å². The van der Waals surface area contributed by atoms with E-state index in [1.807, 2.05) is 0 Å². The normalized spacial score (nSPS) is 14.7.